The highest BCUT2D eigenvalue weighted by Crippen LogP contribution is 2.29. The molecule has 0 aliphatic heterocycles. The Balaban J connectivity index is 2.15. The molecule has 0 spiro atoms. The van der Waals surface area contributed by atoms with Gasteiger partial charge in [0.05, 0.1) is 14.2 Å². The zero-order chi connectivity index (χ0) is 18.2. The average molecular weight is 345 g/mol. The zero-order valence-electron chi connectivity index (χ0n) is 15.2. The molecular formula is C20H27NO4. The third-order valence-corrected chi connectivity index (χ3v) is 4.13. The Bertz CT molecular complexity index is 632. The number of rotatable bonds is 9. The first kappa shape index (κ1) is 18.9. The summed E-state index contributed by atoms with van der Waals surface area (Å²) in [7, 11) is 3.10. The molecule has 0 saturated carbocycles. The molecule has 0 atom stereocenters. The Morgan fingerprint density at radius 3 is 1.72 bits per heavy atom. The van der Waals surface area contributed by atoms with Crippen LogP contribution < -0.4 is 9.47 Å². The molecule has 0 amide bonds. The lowest BCUT2D eigenvalue weighted by molar-refractivity contribution is 0.251. The Morgan fingerprint density at radius 1 is 0.840 bits per heavy atom. The summed E-state index contributed by atoms with van der Waals surface area (Å²) in [6, 6.07) is 10.9. The molecule has 0 aromatic heterocycles. The van der Waals surface area contributed by atoms with Crippen molar-refractivity contribution < 1.29 is 19.7 Å². The first-order chi connectivity index (χ1) is 12.1. The van der Waals surface area contributed by atoms with Crippen LogP contribution in [0, 0.1) is 0 Å². The number of hydrogen-bond donors (Lipinski definition) is 2. The Hall–Kier alpha value is -2.40. The van der Waals surface area contributed by atoms with Crippen LogP contribution in [0.4, 0.5) is 0 Å². The minimum atomic E-state index is 0.148. The van der Waals surface area contributed by atoms with E-state index in [1.54, 1.807) is 26.4 Å². The van der Waals surface area contributed by atoms with Crippen molar-refractivity contribution in [1.82, 2.24) is 4.90 Å². The summed E-state index contributed by atoms with van der Waals surface area (Å²) in [5.74, 6) is 1.27. The van der Waals surface area contributed by atoms with Crippen LogP contribution in [0.2, 0.25) is 0 Å². The highest BCUT2D eigenvalue weighted by atomic mass is 16.5. The molecule has 0 aliphatic rings. The summed E-state index contributed by atoms with van der Waals surface area (Å²) in [5, 5.41) is 19.5. The minimum absolute atomic E-state index is 0.148. The van der Waals surface area contributed by atoms with Gasteiger partial charge in [0.1, 0.15) is 0 Å². The Morgan fingerprint density at radius 2 is 1.32 bits per heavy atom. The molecule has 0 fully saturated rings. The second kappa shape index (κ2) is 9.18. The molecule has 0 bridgehead atoms. The van der Waals surface area contributed by atoms with Crippen molar-refractivity contribution in [1.29, 1.82) is 0 Å². The molecule has 136 valence electrons. The Labute approximate surface area is 149 Å². The van der Waals surface area contributed by atoms with Crippen molar-refractivity contribution in [3.63, 3.8) is 0 Å². The fourth-order valence-electron chi connectivity index (χ4n) is 2.75. The summed E-state index contributed by atoms with van der Waals surface area (Å²) >= 11 is 0. The lowest BCUT2D eigenvalue weighted by Crippen LogP contribution is -2.24. The molecule has 2 aromatic rings. The number of aromatic hydroxyl groups is 2. The van der Waals surface area contributed by atoms with E-state index in [0.717, 1.165) is 43.6 Å². The molecule has 0 unspecified atom stereocenters. The normalized spacial score (nSPS) is 10.9. The van der Waals surface area contributed by atoms with Crippen LogP contribution >= 0.6 is 0 Å². The van der Waals surface area contributed by atoms with Crippen LogP contribution in [-0.2, 0) is 13.1 Å². The maximum Gasteiger partial charge on any atom is 0.160 e. The second-order valence-corrected chi connectivity index (χ2v) is 6.08. The maximum atomic E-state index is 9.75. The fraction of sp³-hybridized carbons (Fsp3) is 0.400. The SMILES string of the molecule is CCCCN(Cc1ccc(O)c(OC)c1)Cc1ccc(O)c(OC)c1. The standard InChI is InChI=1S/C20H27NO4/c1-4-5-10-21(13-15-6-8-17(22)19(11-15)24-2)14-16-7-9-18(23)20(12-16)25-3/h6-9,11-12,22-23H,4-5,10,13-14H2,1-3H3. The number of phenolic OH excluding ortho intramolecular Hbond substituents is 2. The molecule has 2 aromatic carbocycles. The average Bonchev–Trinajstić information content (AvgIpc) is 2.62. The number of ether oxygens (including phenoxy) is 2. The van der Waals surface area contributed by atoms with Gasteiger partial charge in [0.15, 0.2) is 23.0 Å². The van der Waals surface area contributed by atoms with Crippen LogP contribution in [0.15, 0.2) is 36.4 Å². The van der Waals surface area contributed by atoms with Gasteiger partial charge in [-0.15, -0.1) is 0 Å². The third-order valence-electron chi connectivity index (χ3n) is 4.13. The van der Waals surface area contributed by atoms with Crippen LogP contribution in [0.25, 0.3) is 0 Å². The smallest absolute Gasteiger partial charge is 0.160 e. The van der Waals surface area contributed by atoms with Gasteiger partial charge in [-0.2, -0.15) is 0 Å². The van der Waals surface area contributed by atoms with Gasteiger partial charge < -0.3 is 19.7 Å². The topological polar surface area (TPSA) is 62.2 Å². The first-order valence-electron chi connectivity index (χ1n) is 8.51. The van der Waals surface area contributed by atoms with Gasteiger partial charge in [-0.3, -0.25) is 4.90 Å². The second-order valence-electron chi connectivity index (χ2n) is 6.08. The van der Waals surface area contributed by atoms with Crippen molar-refractivity contribution in [3.8, 4) is 23.0 Å². The van der Waals surface area contributed by atoms with Gasteiger partial charge in [0, 0.05) is 13.1 Å². The molecule has 0 heterocycles. The van der Waals surface area contributed by atoms with Crippen molar-refractivity contribution in [2.75, 3.05) is 20.8 Å². The minimum Gasteiger partial charge on any atom is -0.504 e. The van der Waals surface area contributed by atoms with Gasteiger partial charge >= 0.3 is 0 Å². The van der Waals surface area contributed by atoms with Gasteiger partial charge in [0.2, 0.25) is 0 Å². The largest absolute Gasteiger partial charge is 0.504 e. The van der Waals surface area contributed by atoms with Crippen molar-refractivity contribution >= 4 is 0 Å². The van der Waals surface area contributed by atoms with E-state index in [0.29, 0.717) is 11.5 Å². The lowest BCUT2D eigenvalue weighted by atomic mass is 10.1. The summed E-state index contributed by atoms with van der Waals surface area (Å²) in [6.07, 6.45) is 2.22. The van der Waals surface area contributed by atoms with Crippen LogP contribution in [0.5, 0.6) is 23.0 Å². The summed E-state index contributed by atoms with van der Waals surface area (Å²) in [6.45, 7) is 4.63. The summed E-state index contributed by atoms with van der Waals surface area (Å²) in [5.41, 5.74) is 2.16. The van der Waals surface area contributed by atoms with Crippen molar-refractivity contribution in [3.05, 3.63) is 47.5 Å². The Kier molecular flexibility index (Phi) is 6.95. The maximum absolute atomic E-state index is 9.75. The molecule has 0 radical (unpaired) electrons. The number of benzene rings is 2. The van der Waals surface area contributed by atoms with Crippen LogP contribution in [0.1, 0.15) is 30.9 Å². The number of hydrogen-bond acceptors (Lipinski definition) is 5. The van der Waals surface area contributed by atoms with E-state index in [4.69, 9.17) is 9.47 Å². The van der Waals surface area contributed by atoms with Crippen molar-refractivity contribution in [2.45, 2.75) is 32.9 Å². The lowest BCUT2D eigenvalue weighted by Gasteiger charge is -2.23. The fourth-order valence-corrected chi connectivity index (χ4v) is 2.75. The van der Waals surface area contributed by atoms with Gasteiger partial charge in [-0.25, -0.2) is 0 Å². The van der Waals surface area contributed by atoms with E-state index in [1.165, 1.54) is 0 Å². The van der Waals surface area contributed by atoms with Crippen LogP contribution in [0.3, 0.4) is 0 Å². The van der Waals surface area contributed by atoms with Gasteiger partial charge in [-0.1, -0.05) is 25.5 Å². The molecule has 2 N–H and O–H groups in total. The van der Waals surface area contributed by atoms with E-state index < -0.39 is 0 Å². The third kappa shape index (κ3) is 5.29. The van der Waals surface area contributed by atoms with E-state index >= 15 is 0 Å². The predicted molar refractivity (Wildman–Crippen MR) is 98.3 cm³/mol. The molecule has 2 rings (SSSR count). The van der Waals surface area contributed by atoms with E-state index in [1.807, 2.05) is 24.3 Å². The number of unbranched alkanes of at least 4 members (excludes halogenated alkanes) is 1. The number of methoxy groups -OCH3 is 2. The van der Waals surface area contributed by atoms with Gasteiger partial charge in [-0.05, 0) is 48.4 Å². The number of nitrogens with zero attached hydrogens (tertiary/aromatic N) is 1. The van der Waals surface area contributed by atoms with E-state index in [-0.39, 0.29) is 11.5 Å². The molecule has 5 nitrogen and oxygen atoms in total. The monoisotopic (exact) mass is 345 g/mol. The first-order valence-corrected chi connectivity index (χ1v) is 8.51. The summed E-state index contributed by atoms with van der Waals surface area (Å²) < 4.78 is 10.4. The van der Waals surface area contributed by atoms with Crippen LogP contribution in [-0.4, -0.2) is 35.9 Å². The molecule has 5 heteroatoms. The van der Waals surface area contributed by atoms with Crippen molar-refractivity contribution in [2.24, 2.45) is 0 Å². The predicted octanol–water partition coefficient (Wildman–Crippen LogP) is 3.92. The summed E-state index contributed by atoms with van der Waals surface area (Å²) in [4.78, 5) is 2.33. The van der Waals surface area contributed by atoms with Gasteiger partial charge in [0.25, 0.3) is 0 Å². The highest BCUT2D eigenvalue weighted by molar-refractivity contribution is 5.42. The molecular weight excluding hydrogens is 318 g/mol. The highest BCUT2D eigenvalue weighted by Gasteiger charge is 2.11. The molecule has 0 saturated heterocycles. The van der Waals surface area contributed by atoms with E-state index in [2.05, 4.69) is 11.8 Å². The molecule has 0 aliphatic carbocycles. The molecule has 25 heavy (non-hydrogen) atoms. The number of phenols is 2. The zero-order valence-corrected chi connectivity index (χ0v) is 15.2. The van der Waals surface area contributed by atoms with E-state index in [9.17, 15) is 10.2 Å². The quantitative estimate of drug-likeness (QED) is 0.721.